The molecule has 0 aliphatic rings. The van der Waals surface area contributed by atoms with E-state index >= 15 is 0 Å². The first-order valence-corrected chi connectivity index (χ1v) is 6.10. The average Bonchev–Trinajstić information content (AvgIpc) is 3.02. The summed E-state index contributed by atoms with van der Waals surface area (Å²) in [7, 11) is 0. The van der Waals surface area contributed by atoms with Crippen LogP contribution in [0, 0.1) is 6.92 Å². The molecule has 3 aromatic rings. The highest BCUT2D eigenvalue weighted by Gasteiger charge is 2.13. The molecule has 6 nitrogen and oxygen atoms in total. The van der Waals surface area contributed by atoms with Crippen LogP contribution >= 0.6 is 0 Å². The third kappa shape index (κ3) is 2.24. The standard InChI is InChI=1S/C14H13N5O/c1-9-4-6-10(7-5-9)12-14(17-15)16-13(19-18-12)11-3-2-8-20-11/h2-8H,15H2,1H3,(H,16,17,19). The Morgan fingerprint density at radius 1 is 1.10 bits per heavy atom. The minimum atomic E-state index is 0.388. The minimum Gasteiger partial charge on any atom is -0.461 e. The van der Waals surface area contributed by atoms with E-state index in [9.17, 15) is 0 Å². The summed E-state index contributed by atoms with van der Waals surface area (Å²) in [5.74, 6) is 6.92. The Balaban J connectivity index is 2.06. The van der Waals surface area contributed by atoms with Gasteiger partial charge in [-0.15, -0.1) is 10.2 Å². The van der Waals surface area contributed by atoms with Crippen molar-refractivity contribution in [2.75, 3.05) is 5.43 Å². The maximum absolute atomic E-state index is 5.53. The second kappa shape index (κ2) is 5.10. The van der Waals surface area contributed by atoms with E-state index in [-0.39, 0.29) is 0 Å². The summed E-state index contributed by atoms with van der Waals surface area (Å²) >= 11 is 0. The number of nitrogens with two attached hydrogens (primary N) is 1. The molecule has 2 heterocycles. The van der Waals surface area contributed by atoms with Crippen molar-refractivity contribution < 1.29 is 4.42 Å². The van der Waals surface area contributed by atoms with Crippen LogP contribution in [0.4, 0.5) is 5.82 Å². The fraction of sp³-hybridized carbons (Fsp3) is 0.0714. The highest BCUT2D eigenvalue weighted by molar-refractivity contribution is 5.71. The number of hydrazine groups is 1. The van der Waals surface area contributed by atoms with Crippen molar-refractivity contribution in [3.05, 3.63) is 48.2 Å². The summed E-state index contributed by atoms with van der Waals surface area (Å²) in [6.45, 7) is 2.02. The lowest BCUT2D eigenvalue weighted by Gasteiger charge is -2.07. The fourth-order valence-corrected chi connectivity index (χ4v) is 1.84. The fourth-order valence-electron chi connectivity index (χ4n) is 1.84. The Hall–Kier alpha value is -2.73. The lowest BCUT2D eigenvalue weighted by molar-refractivity contribution is 0.576. The Kier molecular flexibility index (Phi) is 3.14. The number of nitrogens with zero attached hydrogens (tertiary/aromatic N) is 3. The zero-order valence-corrected chi connectivity index (χ0v) is 10.9. The number of hydrogen-bond acceptors (Lipinski definition) is 6. The first kappa shape index (κ1) is 12.3. The number of rotatable bonds is 3. The van der Waals surface area contributed by atoms with E-state index in [2.05, 4.69) is 20.6 Å². The Morgan fingerprint density at radius 3 is 2.55 bits per heavy atom. The van der Waals surface area contributed by atoms with E-state index in [1.165, 1.54) is 5.56 Å². The van der Waals surface area contributed by atoms with Gasteiger partial charge in [0.25, 0.3) is 0 Å². The molecular formula is C14H13N5O. The third-order valence-corrected chi connectivity index (χ3v) is 2.89. The number of aromatic nitrogens is 3. The van der Waals surface area contributed by atoms with Gasteiger partial charge in [-0.3, -0.25) is 0 Å². The van der Waals surface area contributed by atoms with Crippen LogP contribution in [0.3, 0.4) is 0 Å². The van der Waals surface area contributed by atoms with E-state index in [0.29, 0.717) is 23.1 Å². The molecule has 0 spiro atoms. The summed E-state index contributed by atoms with van der Waals surface area (Å²) in [4.78, 5) is 4.33. The monoisotopic (exact) mass is 267 g/mol. The Labute approximate surface area is 115 Å². The summed E-state index contributed by atoms with van der Waals surface area (Å²) in [6, 6.07) is 11.4. The molecule has 0 fully saturated rings. The van der Waals surface area contributed by atoms with Crippen molar-refractivity contribution in [3.63, 3.8) is 0 Å². The van der Waals surface area contributed by atoms with Crippen molar-refractivity contribution in [1.29, 1.82) is 0 Å². The van der Waals surface area contributed by atoms with Gasteiger partial charge in [0.15, 0.2) is 11.6 Å². The van der Waals surface area contributed by atoms with Gasteiger partial charge >= 0.3 is 0 Å². The van der Waals surface area contributed by atoms with Crippen LogP contribution in [0.2, 0.25) is 0 Å². The van der Waals surface area contributed by atoms with Gasteiger partial charge in [-0.2, -0.15) is 0 Å². The summed E-state index contributed by atoms with van der Waals surface area (Å²) in [5.41, 5.74) is 5.22. The number of anilines is 1. The van der Waals surface area contributed by atoms with Crippen LogP contribution in [-0.2, 0) is 0 Å². The topological polar surface area (TPSA) is 89.9 Å². The van der Waals surface area contributed by atoms with E-state index < -0.39 is 0 Å². The van der Waals surface area contributed by atoms with Crippen molar-refractivity contribution in [2.24, 2.45) is 5.84 Å². The maximum Gasteiger partial charge on any atom is 0.219 e. The summed E-state index contributed by atoms with van der Waals surface area (Å²) in [6.07, 6.45) is 1.56. The molecule has 6 heteroatoms. The first-order chi connectivity index (χ1) is 9.78. The van der Waals surface area contributed by atoms with Crippen LogP contribution in [0.5, 0.6) is 0 Å². The maximum atomic E-state index is 5.53. The van der Waals surface area contributed by atoms with Gasteiger partial charge in [0.05, 0.1) is 6.26 Å². The average molecular weight is 267 g/mol. The van der Waals surface area contributed by atoms with Gasteiger partial charge in [0.2, 0.25) is 5.82 Å². The van der Waals surface area contributed by atoms with Crippen LogP contribution in [0.15, 0.2) is 47.1 Å². The SMILES string of the molecule is Cc1ccc(-c2nnc(-c3ccco3)nc2NN)cc1. The van der Waals surface area contributed by atoms with Crippen molar-refractivity contribution in [2.45, 2.75) is 6.92 Å². The normalized spacial score (nSPS) is 10.5. The molecule has 1 aromatic carbocycles. The molecule has 0 radical (unpaired) electrons. The molecule has 0 aliphatic heterocycles. The van der Waals surface area contributed by atoms with Gasteiger partial charge in [0, 0.05) is 5.56 Å². The van der Waals surface area contributed by atoms with Crippen LogP contribution in [0.1, 0.15) is 5.56 Å². The highest BCUT2D eigenvalue weighted by atomic mass is 16.3. The number of aryl methyl sites for hydroxylation is 1. The number of hydrogen-bond donors (Lipinski definition) is 2. The second-order valence-electron chi connectivity index (χ2n) is 4.32. The van der Waals surface area contributed by atoms with Crippen molar-refractivity contribution in [3.8, 4) is 22.8 Å². The predicted octanol–water partition coefficient (Wildman–Crippen LogP) is 2.39. The van der Waals surface area contributed by atoms with Gasteiger partial charge < -0.3 is 9.84 Å². The summed E-state index contributed by atoms with van der Waals surface area (Å²) < 4.78 is 5.25. The Morgan fingerprint density at radius 2 is 1.90 bits per heavy atom. The number of nitrogens with one attached hydrogen (secondary N) is 1. The van der Waals surface area contributed by atoms with Gasteiger partial charge in [-0.05, 0) is 19.1 Å². The van der Waals surface area contributed by atoms with Gasteiger partial charge in [-0.25, -0.2) is 10.8 Å². The van der Waals surface area contributed by atoms with Crippen molar-refractivity contribution >= 4 is 5.82 Å². The van der Waals surface area contributed by atoms with Gasteiger partial charge in [-0.1, -0.05) is 29.8 Å². The van der Waals surface area contributed by atoms with Crippen molar-refractivity contribution in [1.82, 2.24) is 15.2 Å². The van der Waals surface area contributed by atoms with Gasteiger partial charge in [0.1, 0.15) is 5.69 Å². The third-order valence-electron chi connectivity index (χ3n) is 2.89. The zero-order chi connectivity index (χ0) is 13.9. The molecular weight excluding hydrogens is 254 g/mol. The molecule has 20 heavy (non-hydrogen) atoms. The minimum absolute atomic E-state index is 0.388. The molecule has 100 valence electrons. The Bertz CT molecular complexity index is 707. The van der Waals surface area contributed by atoms with Crippen LogP contribution in [-0.4, -0.2) is 15.2 Å². The van der Waals surface area contributed by atoms with E-state index in [1.807, 2.05) is 31.2 Å². The van der Waals surface area contributed by atoms with Crippen LogP contribution < -0.4 is 11.3 Å². The molecule has 0 unspecified atom stereocenters. The molecule has 0 aliphatic carbocycles. The smallest absolute Gasteiger partial charge is 0.219 e. The highest BCUT2D eigenvalue weighted by Crippen LogP contribution is 2.25. The quantitative estimate of drug-likeness (QED) is 0.559. The largest absolute Gasteiger partial charge is 0.461 e. The van der Waals surface area contributed by atoms with E-state index in [0.717, 1.165) is 5.56 Å². The van der Waals surface area contributed by atoms with E-state index in [4.69, 9.17) is 10.3 Å². The number of benzene rings is 1. The molecule has 0 atom stereocenters. The lowest BCUT2D eigenvalue weighted by Crippen LogP contribution is -2.12. The molecule has 0 amide bonds. The molecule has 0 saturated carbocycles. The number of furan rings is 1. The molecule has 3 N–H and O–H groups in total. The first-order valence-electron chi connectivity index (χ1n) is 6.10. The molecule has 0 bridgehead atoms. The zero-order valence-electron chi connectivity index (χ0n) is 10.9. The summed E-state index contributed by atoms with van der Waals surface area (Å²) in [5, 5.41) is 8.27. The molecule has 3 rings (SSSR count). The lowest BCUT2D eigenvalue weighted by atomic mass is 10.1. The number of nitrogen functional groups attached to an aromatic ring is 1. The van der Waals surface area contributed by atoms with Crippen LogP contribution in [0.25, 0.3) is 22.8 Å². The second-order valence-corrected chi connectivity index (χ2v) is 4.32. The molecule has 2 aromatic heterocycles. The molecule has 0 saturated heterocycles. The van der Waals surface area contributed by atoms with E-state index in [1.54, 1.807) is 18.4 Å². The predicted molar refractivity (Wildman–Crippen MR) is 75.5 cm³/mol.